The average molecular weight is 223 g/mol. The summed E-state index contributed by atoms with van der Waals surface area (Å²) in [7, 11) is 0. The Morgan fingerprint density at radius 2 is 1.14 bits per heavy atom. The standard InChI is InChI=1S/C8H6O4.K.H3N.H/c9-7(10)5-1-2-6(4-3-5)8(11)12;;;/h1-4H,(H,9,10)(H,11,12);;1H3;/q;+1;;-1. The van der Waals surface area contributed by atoms with Crippen LogP contribution in [-0.2, 0) is 0 Å². The van der Waals surface area contributed by atoms with Gasteiger partial charge in [-0.25, -0.2) is 9.59 Å². The van der Waals surface area contributed by atoms with Crippen molar-refractivity contribution < 1.29 is 72.6 Å². The molecule has 72 valence electrons. The third kappa shape index (κ3) is 4.31. The van der Waals surface area contributed by atoms with Crippen molar-refractivity contribution in [1.82, 2.24) is 6.15 Å². The molecule has 0 aliphatic heterocycles. The molecule has 0 aliphatic carbocycles. The largest absolute Gasteiger partial charge is 1.00 e. The summed E-state index contributed by atoms with van der Waals surface area (Å²) < 4.78 is 0. The maximum atomic E-state index is 10.3. The van der Waals surface area contributed by atoms with Gasteiger partial charge in [-0.1, -0.05) is 0 Å². The van der Waals surface area contributed by atoms with E-state index in [0.717, 1.165) is 0 Å². The van der Waals surface area contributed by atoms with E-state index in [2.05, 4.69) is 0 Å². The van der Waals surface area contributed by atoms with Crippen LogP contribution < -0.4 is 57.5 Å². The zero-order chi connectivity index (χ0) is 9.14. The predicted octanol–water partition coefficient (Wildman–Crippen LogP) is -1.64. The molecule has 0 bridgehead atoms. The van der Waals surface area contributed by atoms with E-state index in [1.807, 2.05) is 0 Å². The molecule has 0 saturated heterocycles. The molecule has 0 radical (unpaired) electrons. The number of carboxylic acid groups (broad SMARTS) is 2. The number of benzene rings is 1. The van der Waals surface area contributed by atoms with Gasteiger partial charge in [-0.05, 0) is 24.3 Å². The van der Waals surface area contributed by atoms with Crippen LogP contribution in [0.3, 0.4) is 0 Å². The summed E-state index contributed by atoms with van der Waals surface area (Å²) in [6.45, 7) is 0. The molecule has 6 heteroatoms. The monoisotopic (exact) mass is 223 g/mol. The molecule has 1 rings (SSSR count). The van der Waals surface area contributed by atoms with Crippen LogP contribution in [0.1, 0.15) is 22.1 Å². The molecule has 0 fully saturated rings. The van der Waals surface area contributed by atoms with Crippen molar-refractivity contribution in [3.63, 3.8) is 0 Å². The molecule has 0 unspecified atom stereocenters. The van der Waals surface area contributed by atoms with Gasteiger partial charge in [0.25, 0.3) is 0 Å². The van der Waals surface area contributed by atoms with Crippen LogP contribution in [0.4, 0.5) is 0 Å². The Hall–Kier alpha value is -0.244. The van der Waals surface area contributed by atoms with Crippen molar-refractivity contribution in [1.29, 1.82) is 0 Å². The van der Waals surface area contributed by atoms with Gasteiger partial charge in [-0.15, -0.1) is 0 Å². The molecule has 1 aromatic carbocycles. The van der Waals surface area contributed by atoms with Crippen LogP contribution in [0.25, 0.3) is 0 Å². The normalized spacial score (nSPS) is 8.00. The first-order chi connectivity index (χ1) is 5.61. The molecule has 5 N–H and O–H groups in total. The molecule has 0 saturated carbocycles. The van der Waals surface area contributed by atoms with Crippen LogP contribution in [0.15, 0.2) is 24.3 Å². The Kier molecular flexibility index (Phi) is 8.22. The summed E-state index contributed by atoms with van der Waals surface area (Å²) in [4.78, 5) is 20.7. The van der Waals surface area contributed by atoms with Gasteiger partial charge in [0.05, 0.1) is 11.1 Å². The third-order valence-corrected chi connectivity index (χ3v) is 1.38. The topological polar surface area (TPSA) is 110 Å². The van der Waals surface area contributed by atoms with Crippen molar-refractivity contribution in [3.8, 4) is 0 Å². The van der Waals surface area contributed by atoms with Gasteiger partial charge in [-0.3, -0.25) is 0 Å². The predicted molar refractivity (Wildman–Crippen MR) is 46.5 cm³/mol. The molecule has 0 heterocycles. The number of hydrogen-bond acceptors (Lipinski definition) is 3. The van der Waals surface area contributed by atoms with E-state index in [4.69, 9.17) is 10.2 Å². The minimum Gasteiger partial charge on any atom is -1.00 e. The fourth-order valence-electron chi connectivity index (χ4n) is 0.755. The summed E-state index contributed by atoms with van der Waals surface area (Å²) >= 11 is 0. The number of carboxylic acids is 2. The second-order valence-electron chi connectivity index (χ2n) is 2.19. The summed E-state index contributed by atoms with van der Waals surface area (Å²) in [5.41, 5.74) is 0.167. The van der Waals surface area contributed by atoms with E-state index >= 15 is 0 Å². The van der Waals surface area contributed by atoms with Crippen molar-refractivity contribution in [3.05, 3.63) is 35.4 Å². The van der Waals surface area contributed by atoms with Crippen molar-refractivity contribution in [2.24, 2.45) is 0 Å². The zero-order valence-corrected chi connectivity index (χ0v) is 10.9. The molecular weight excluding hydrogens is 213 g/mol. The fraction of sp³-hybridized carbons (Fsp3) is 0. The molecule has 0 atom stereocenters. The van der Waals surface area contributed by atoms with Crippen LogP contribution in [0.5, 0.6) is 0 Å². The number of rotatable bonds is 2. The Labute approximate surface area is 125 Å². The first-order valence-electron chi connectivity index (χ1n) is 3.18. The molecule has 5 nitrogen and oxygen atoms in total. The van der Waals surface area contributed by atoms with Gasteiger partial charge in [0.1, 0.15) is 0 Å². The first-order valence-corrected chi connectivity index (χ1v) is 3.18. The van der Waals surface area contributed by atoms with Gasteiger partial charge in [0.2, 0.25) is 0 Å². The van der Waals surface area contributed by atoms with Crippen LogP contribution in [0.2, 0.25) is 0 Å². The van der Waals surface area contributed by atoms with E-state index in [-0.39, 0.29) is 70.1 Å². The Morgan fingerprint density at radius 3 is 1.29 bits per heavy atom. The maximum Gasteiger partial charge on any atom is 1.00 e. The third-order valence-electron chi connectivity index (χ3n) is 1.38. The minimum absolute atomic E-state index is 0. The van der Waals surface area contributed by atoms with E-state index in [1.54, 1.807) is 0 Å². The molecule has 1 aromatic rings. The average Bonchev–Trinajstić information content (AvgIpc) is 2.04. The van der Waals surface area contributed by atoms with Crippen LogP contribution in [-0.4, -0.2) is 22.2 Å². The molecule has 0 aromatic heterocycles. The maximum absolute atomic E-state index is 10.3. The second-order valence-corrected chi connectivity index (χ2v) is 2.19. The number of hydrogen-bond donors (Lipinski definition) is 3. The van der Waals surface area contributed by atoms with E-state index in [0.29, 0.717) is 0 Å². The summed E-state index contributed by atoms with van der Waals surface area (Å²) in [6.07, 6.45) is 0. The number of aromatic carboxylic acids is 2. The van der Waals surface area contributed by atoms with E-state index in [1.165, 1.54) is 24.3 Å². The molecule has 0 aliphatic rings. The Morgan fingerprint density at radius 1 is 0.929 bits per heavy atom. The van der Waals surface area contributed by atoms with Gasteiger partial charge in [-0.2, -0.15) is 0 Å². The Bertz CT molecular complexity index is 295. The van der Waals surface area contributed by atoms with Crippen molar-refractivity contribution in [2.45, 2.75) is 0 Å². The van der Waals surface area contributed by atoms with Crippen molar-refractivity contribution in [2.75, 3.05) is 0 Å². The van der Waals surface area contributed by atoms with Gasteiger partial charge >= 0.3 is 63.3 Å². The summed E-state index contributed by atoms with van der Waals surface area (Å²) in [5, 5.41) is 16.9. The van der Waals surface area contributed by atoms with Crippen LogP contribution in [0, 0.1) is 0 Å². The molecule has 0 amide bonds. The molecule has 0 spiro atoms. The van der Waals surface area contributed by atoms with Gasteiger partial charge in [0, 0.05) is 0 Å². The fourth-order valence-corrected chi connectivity index (χ4v) is 0.755. The van der Waals surface area contributed by atoms with E-state index < -0.39 is 11.9 Å². The SMILES string of the molecule is N.O=C(O)c1ccc(C(=O)O)cc1.[H-].[K+]. The van der Waals surface area contributed by atoms with Crippen molar-refractivity contribution >= 4 is 11.9 Å². The van der Waals surface area contributed by atoms with Gasteiger partial charge < -0.3 is 17.8 Å². The Balaban J connectivity index is -0.000000480. The van der Waals surface area contributed by atoms with Crippen LogP contribution >= 0.6 is 0 Å². The van der Waals surface area contributed by atoms with E-state index in [9.17, 15) is 9.59 Å². The first kappa shape index (κ1) is 16.2. The van der Waals surface area contributed by atoms with Gasteiger partial charge in [0.15, 0.2) is 0 Å². The zero-order valence-electron chi connectivity index (χ0n) is 8.73. The number of carbonyl (C=O) groups is 2. The minimum atomic E-state index is -1.06. The molecular formula is C8H10KNO4. The quantitative estimate of drug-likeness (QED) is 0.521. The smallest absolute Gasteiger partial charge is 1.00 e. The molecule has 14 heavy (non-hydrogen) atoms. The summed E-state index contributed by atoms with van der Waals surface area (Å²) in [6, 6.07) is 5.02. The summed E-state index contributed by atoms with van der Waals surface area (Å²) in [5.74, 6) is -2.13. The second kappa shape index (κ2) is 7.10.